The fraction of sp³-hybridized carbons (Fsp3) is 0.615. The average Bonchev–Trinajstić information content (AvgIpc) is 3.23. The predicted octanol–water partition coefficient (Wildman–Crippen LogP) is 1.74. The Balaban J connectivity index is 1.66. The van der Waals surface area contributed by atoms with E-state index >= 15 is 0 Å². The number of carbonyl (C=O) groups is 2. The van der Waals surface area contributed by atoms with Crippen molar-refractivity contribution in [2.24, 2.45) is 17.8 Å². The highest BCUT2D eigenvalue weighted by atomic mass is 32.1. The topological polar surface area (TPSA) is 79.3 Å². The molecule has 102 valence electrons. The number of aromatic nitrogens is 1. The standard InChI is InChI=1S/C13H16N2O3S/c1-6-5-14-12(19-6)10(7-2-3-7)15-11(16)8-4-9(8)13(17)18/h5,7-10H,2-4H2,1H3,(H,15,16)(H,17,18)/t8-,9+,10+/m0/s1. The van der Waals surface area contributed by atoms with Crippen LogP contribution in [0.25, 0.3) is 0 Å². The van der Waals surface area contributed by atoms with Crippen LogP contribution >= 0.6 is 11.3 Å². The number of amides is 1. The van der Waals surface area contributed by atoms with Crippen LogP contribution in [0.5, 0.6) is 0 Å². The number of hydrogen-bond donors (Lipinski definition) is 2. The Morgan fingerprint density at radius 1 is 1.47 bits per heavy atom. The van der Waals surface area contributed by atoms with E-state index in [1.54, 1.807) is 11.3 Å². The number of aryl methyl sites for hydroxylation is 1. The van der Waals surface area contributed by atoms with E-state index in [1.165, 1.54) is 0 Å². The van der Waals surface area contributed by atoms with E-state index in [4.69, 9.17) is 5.11 Å². The molecule has 0 saturated heterocycles. The molecule has 2 saturated carbocycles. The summed E-state index contributed by atoms with van der Waals surface area (Å²) in [4.78, 5) is 28.3. The Labute approximate surface area is 115 Å². The lowest BCUT2D eigenvalue weighted by Gasteiger charge is -2.15. The van der Waals surface area contributed by atoms with Crippen molar-refractivity contribution in [2.45, 2.75) is 32.2 Å². The van der Waals surface area contributed by atoms with E-state index in [9.17, 15) is 9.59 Å². The predicted molar refractivity (Wildman–Crippen MR) is 69.7 cm³/mol. The summed E-state index contributed by atoms with van der Waals surface area (Å²) in [5, 5.41) is 12.8. The second kappa shape index (κ2) is 4.59. The first kappa shape index (κ1) is 12.6. The second-order valence-corrected chi connectivity index (χ2v) is 6.69. The van der Waals surface area contributed by atoms with E-state index in [0.717, 1.165) is 22.7 Å². The highest BCUT2D eigenvalue weighted by Gasteiger charge is 2.49. The van der Waals surface area contributed by atoms with Gasteiger partial charge in [0, 0.05) is 11.1 Å². The fourth-order valence-corrected chi connectivity index (χ4v) is 3.26. The molecule has 3 atom stereocenters. The van der Waals surface area contributed by atoms with Gasteiger partial charge < -0.3 is 10.4 Å². The van der Waals surface area contributed by atoms with Gasteiger partial charge in [0.15, 0.2) is 0 Å². The average molecular weight is 280 g/mol. The van der Waals surface area contributed by atoms with Gasteiger partial charge >= 0.3 is 5.97 Å². The van der Waals surface area contributed by atoms with Gasteiger partial charge in [-0.25, -0.2) is 4.98 Å². The van der Waals surface area contributed by atoms with Crippen LogP contribution in [-0.4, -0.2) is 22.0 Å². The number of carbonyl (C=O) groups excluding carboxylic acids is 1. The van der Waals surface area contributed by atoms with Gasteiger partial charge in [-0.3, -0.25) is 9.59 Å². The van der Waals surface area contributed by atoms with E-state index in [1.807, 2.05) is 13.1 Å². The molecule has 0 aromatic carbocycles. The largest absolute Gasteiger partial charge is 0.481 e. The van der Waals surface area contributed by atoms with Crippen LogP contribution in [0.1, 0.15) is 35.2 Å². The quantitative estimate of drug-likeness (QED) is 0.861. The first-order valence-electron chi connectivity index (χ1n) is 6.51. The Kier molecular flexibility index (Phi) is 3.05. The second-order valence-electron chi connectivity index (χ2n) is 5.42. The van der Waals surface area contributed by atoms with Gasteiger partial charge in [-0.1, -0.05) is 0 Å². The van der Waals surface area contributed by atoms with Crippen molar-refractivity contribution in [3.8, 4) is 0 Å². The minimum Gasteiger partial charge on any atom is -0.481 e. The van der Waals surface area contributed by atoms with Gasteiger partial charge in [0.2, 0.25) is 5.91 Å². The summed E-state index contributed by atoms with van der Waals surface area (Å²) in [6, 6.07) is -0.0266. The third-order valence-corrected chi connectivity index (χ3v) is 4.74. The van der Waals surface area contributed by atoms with Crippen LogP contribution in [-0.2, 0) is 9.59 Å². The molecule has 0 spiro atoms. The number of aliphatic carboxylic acids is 1. The molecular weight excluding hydrogens is 264 g/mol. The molecule has 5 nitrogen and oxygen atoms in total. The molecule has 2 aliphatic carbocycles. The maximum atomic E-state index is 12.0. The number of carboxylic acids is 1. The van der Waals surface area contributed by atoms with E-state index in [-0.39, 0.29) is 17.9 Å². The summed E-state index contributed by atoms with van der Waals surface area (Å²) in [5.74, 6) is -1.36. The molecule has 3 rings (SSSR count). The summed E-state index contributed by atoms with van der Waals surface area (Å²) in [7, 11) is 0. The van der Waals surface area contributed by atoms with E-state index < -0.39 is 11.9 Å². The molecule has 19 heavy (non-hydrogen) atoms. The molecule has 1 heterocycles. The third-order valence-electron chi connectivity index (χ3n) is 3.74. The lowest BCUT2D eigenvalue weighted by Crippen LogP contribution is -2.31. The van der Waals surface area contributed by atoms with Crippen LogP contribution in [0.15, 0.2) is 6.20 Å². The summed E-state index contributed by atoms with van der Waals surface area (Å²) >= 11 is 1.60. The van der Waals surface area contributed by atoms with Crippen molar-refractivity contribution < 1.29 is 14.7 Å². The lowest BCUT2D eigenvalue weighted by molar-refractivity contribution is -0.140. The van der Waals surface area contributed by atoms with Gasteiger partial charge in [-0.15, -0.1) is 11.3 Å². The Morgan fingerprint density at radius 2 is 2.21 bits per heavy atom. The van der Waals surface area contributed by atoms with E-state index in [0.29, 0.717) is 12.3 Å². The molecule has 0 bridgehead atoms. The third kappa shape index (κ3) is 2.63. The molecule has 1 aromatic rings. The van der Waals surface area contributed by atoms with Crippen molar-refractivity contribution in [1.29, 1.82) is 0 Å². The monoisotopic (exact) mass is 280 g/mol. The molecule has 0 radical (unpaired) electrons. The van der Waals surface area contributed by atoms with E-state index in [2.05, 4.69) is 10.3 Å². The van der Waals surface area contributed by atoms with Crippen LogP contribution in [0.4, 0.5) is 0 Å². The molecule has 0 aliphatic heterocycles. The Morgan fingerprint density at radius 3 is 2.68 bits per heavy atom. The van der Waals surface area contributed by atoms with Crippen molar-refractivity contribution in [2.75, 3.05) is 0 Å². The molecular formula is C13H16N2O3S. The van der Waals surface area contributed by atoms with Crippen molar-refractivity contribution in [3.63, 3.8) is 0 Å². The zero-order valence-electron chi connectivity index (χ0n) is 10.6. The zero-order valence-corrected chi connectivity index (χ0v) is 11.4. The highest BCUT2D eigenvalue weighted by molar-refractivity contribution is 7.11. The number of nitrogens with one attached hydrogen (secondary N) is 1. The minimum absolute atomic E-state index is 0.0266. The first-order valence-corrected chi connectivity index (χ1v) is 7.33. The highest BCUT2D eigenvalue weighted by Crippen LogP contribution is 2.44. The molecule has 6 heteroatoms. The number of rotatable bonds is 5. The number of hydrogen-bond acceptors (Lipinski definition) is 4. The molecule has 1 aromatic heterocycles. The van der Waals surface area contributed by atoms with Crippen LogP contribution in [0, 0.1) is 24.7 Å². The van der Waals surface area contributed by atoms with Gasteiger partial charge in [0.25, 0.3) is 0 Å². The molecule has 2 N–H and O–H groups in total. The SMILES string of the molecule is Cc1cnc([C@H](NC(=O)[C@H]2C[C@H]2C(=O)O)C2CC2)s1. The smallest absolute Gasteiger partial charge is 0.307 e. The Bertz CT molecular complexity index is 524. The fourth-order valence-electron chi connectivity index (χ4n) is 2.34. The molecule has 2 aliphatic rings. The first-order chi connectivity index (χ1) is 9.06. The van der Waals surface area contributed by atoms with Crippen LogP contribution in [0.3, 0.4) is 0 Å². The lowest BCUT2D eigenvalue weighted by atomic mass is 10.2. The minimum atomic E-state index is -0.867. The summed E-state index contributed by atoms with van der Waals surface area (Å²) in [5.41, 5.74) is 0. The molecule has 1 amide bonds. The number of carboxylic acid groups (broad SMARTS) is 1. The van der Waals surface area contributed by atoms with Gasteiger partial charge in [-0.05, 0) is 32.1 Å². The normalized spacial score (nSPS) is 26.8. The van der Waals surface area contributed by atoms with Gasteiger partial charge in [0.05, 0.1) is 17.9 Å². The van der Waals surface area contributed by atoms with Crippen molar-refractivity contribution in [3.05, 3.63) is 16.1 Å². The van der Waals surface area contributed by atoms with Gasteiger partial charge in [0.1, 0.15) is 5.01 Å². The van der Waals surface area contributed by atoms with Crippen molar-refractivity contribution in [1.82, 2.24) is 10.3 Å². The number of nitrogens with zero attached hydrogens (tertiary/aromatic N) is 1. The van der Waals surface area contributed by atoms with Crippen LogP contribution in [0.2, 0.25) is 0 Å². The summed E-state index contributed by atoms with van der Waals surface area (Å²) in [6.45, 7) is 1.99. The maximum Gasteiger partial charge on any atom is 0.307 e. The maximum absolute atomic E-state index is 12.0. The van der Waals surface area contributed by atoms with Gasteiger partial charge in [-0.2, -0.15) is 0 Å². The number of thiazole rings is 1. The Hall–Kier alpha value is -1.43. The van der Waals surface area contributed by atoms with Crippen molar-refractivity contribution >= 4 is 23.2 Å². The molecule has 2 fully saturated rings. The zero-order chi connectivity index (χ0) is 13.6. The summed E-state index contributed by atoms with van der Waals surface area (Å²) in [6.07, 6.45) is 4.50. The summed E-state index contributed by atoms with van der Waals surface area (Å²) < 4.78 is 0. The van der Waals surface area contributed by atoms with Crippen LogP contribution < -0.4 is 5.32 Å². The molecule has 0 unspecified atom stereocenters.